The van der Waals surface area contributed by atoms with E-state index >= 15 is 0 Å². The Morgan fingerprint density at radius 3 is 2.56 bits per heavy atom. The van der Waals surface area contributed by atoms with Gasteiger partial charge in [0.05, 0.1) is 5.71 Å². The molecule has 0 bridgehead atoms. The molecule has 1 aromatic carbocycles. The van der Waals surface area contributed by atoms with E-state index < -0.39 is 6.04 Å². The van der Waals surface area contributed by atoms with Gasteiger partial charge in [-0.2, -0.15) is 10.0 Å². The predicted octanol–water partition coefficient (Wildman–Crippen LogP) is 1.38. The third-order valence-electron chi connectivity index (χ3n) is 1.91. The van der Waals surface area contributed by atoms with Gasteiger partial charge in [0.25, 0.3) is 0 Å². The zero-order valence-electron chi connectivity index (χ0n) is 8.75. The molecule has 1 unspecified atom stereocenters. The van der Waals surface area contributed by atoms with E-state index in [4.69, 9.17) is 5.73 Å². The molecule has 0 aromatic heterocycles. The lowest BCUT2D eigenvalue weighted by Gasteiger charge is -2.08. The van der Waals surface area contributed by atoms with Crippen molar-refractivity contribution in [2.75, 3.05) is 0 Å². The van der Waals surface area contributed by atoms with E-state index in [2.05, 4.69) is 27.9 Å². The van der Waals surface area contributed by atoms with Crippen LogP contribution in [0.3, 0.4) is 0 Å². The molecule has 5 nitrogen and oxygen atoms in total. The van der Waals surface area contributed by atoms with Gasteiger partial charge in [-0.15, -0.1) is 0 Å². The summed E-state index contributed by atoms with van der Waals surface area (Å²) in [6.45, 7) is 1.65. The van der Waals surface area contributed by atoms with E-state index in [1.54, 1.807) is 6.92 Å². The van der Waals surface area contributed by atoms with Crippen LogP contribution in [0.5, 0.6) is 0 Å². The first-order valence-corrected chi connectivity index (χ1v) is 5.07. The van der Waals surface area contributed by atoms with Gasteiger partial charge >= 0.3 is 0 Å². The summed E-state index contributed by atoms with van der Waals surface area (Å²) < 4.78 is 0. The minimum absolute atomic E-state index is 0.0477. The lowest BCUT2D eigenvalue weighted by atomic mass is 10.1. The van der Waals surface area contributed by atoms with Gasteiger partial charge in [0.2, 0.25) is 0 Å². The molecule has 6 heteroatoms. The molecule has 0 fully saturated rings. The Kier molecular flexibility index (Phi) is 4.53. The van der Waals surface area contributed by atoms with Crippen LogP contribution in [0.1, 0.15) is 12.5 Å². The Morgan fingerprint density at radius 1 is 1.44 bits per heavy atom. The first-order valence-electron chi connectivity index (χ1n) is 4.66. The largest absolute Gasteiger partial charge is 0.375 e. The fraction of sp³-hybridized carbons (Fsp3) is 0.200. The number of hydrazone groups is 1. The SMILES string of the molecule is CC(N=O)C(=NNC(N)=S)c1ccccc1. The lowest BCUT2D eigenvalue weighted by Crippen LogP contribution is -2.28. The number of nitrogens with zero attached hydrogens (tertiary/aromatic N) is 2. The predicted molar refractivity (Wildman–Crippen MR) is 68.2 cm³/mol. The molecular formula is C10H12N4OS. The van der Waals surface area contributed by atoms with Gasteiger partial charge in [-0.05, 0) is 19.1 Å². The summed E-state index contributed by atoms with van der Waals surface area (Å²) in [5.74, 6) is 0. The standard InChI is InChI=1S/C10H12N4OS/c1-7(14-15)9(12-13-10(11)16)8-5-3-2-4-6-8/h2-7H,1H3,(H3,11,13,16). The van der Waals surface area contributed by atoms with E-state index in [-0.39, 0.29) is 5.11 Å². The second-order valence-corrected chi connectivity index (χ2v) is 3.56. The van der Waals surface area contributed by atoms with Gasteiger partial charge in [-0.1, -0.05) is 35.5 Å². The number of nitrogens with one attached hydrogen (secondary N) is 1. The van der Waals surface area contributed by atoms with Crippen LogP contribution in [-0.4, -0.2) is 16.9 Å². The Labute approximate surface area is 98.7 Å². The van der Waals surface area contributed by atoms with Crippen molar-refractivity contribution >= 4 is 23.0 Å². The van der Waals surface area contributed by atoms with Crippen molar-refractivity contribution in [2.24, 2.45) is 16.0 Å². The normalized spacial score (nSPS) is 12.9. The molecule has 0 aliphatic carbocycles. The minimum atomic E-state index is -0.566. The van der Waals surface area contributed by atoms with Gasteiger partial charge in [0.15, 0.2) is 5.11 Å². The highest BCUT2D eigenvalue weighted by Gasteiger charge is 2.13. The molecule has 0 spiro atoms. The minimum Gasteiger partial charge on any atom is -0.375 e. The molecule has 0 amide bonds. The van der Waals surface area contributed by atoms with Crippen molar-refractivity contribution in [3.63, 3.8) is 0 Å². The second-order valence-electron chi connectivity index (χ2n) is 3.12. The van der Waals surface area contributed by atoms with E-state index in [0.29, 0.717) is 5.71 Å². The molecular weight excluding hydrogens is 224 g/mol. The van der Waals surface area contributed by atoms with Gasteiger partial charge < -0.3 is 5.73 Å². The van der Waals surface area contributed by atoms with Crippen molar-refractivity contribution in [2.45, 2.75) is 13.0 Å². The van der Waals surface area contributed by atoms with Gasteiger partial charge in [0.1, 0.15) is 6.04 Å². The van der Waals surface area contributed by atoms with Crippen LogP contribution in [0.15, 0.2) is 40.6 Å². The van der Waals surface area contributed by atoms with Gasteiger partial charge in [-0.25, -0.2) is 0 Å². The summed E-state index contributed by atoms with van der Waals surface area (Å²) in [7, 11) is 0. The average Bonchev–Trinajstić information content (AvgIpc) is 2.30. The fourth-order valence-corrected chi connectivity index (χ4v) is 1.22. The van der Waals surface area contributed by atoms with Crippen molar-refractivity contribution < 1.29 is 0 Å². The number of thiocarbonyl (C=S) groups is 1. The number of rotatable bonds is 4. The zero-order valence-corrected chi connectivity index (χ0v) is 9.57. The first kappa shape index (κ1) is 12.3. The summed E-state index contributed by atoms with van der Waals surface area (Å²) in [6, 6.07) is 8.68. The maximum atomic E-state index is 10.5. The smallest absolute Gasteiger partial charge is 0.184 e. The molecule has 1 aromatic rings. The zero-order chi connectivity index (χ0) is 12.0. The van der Waals surface area contributed by atoms with Crippen LogP contribution in [0.4, 0.5) is 0 Å². The molecule has 3 N–H and O–H groups in total. The second kappa shape index (κ2) is 5.92. The van der Waals surface area contributed by atoms with Crippen molar-refractivity contribution in [1.82, 2.24) is 5.43 Å². The topological polar surface area (TPSA) is 79.8 Å². The van der Waals surface area contributed by atoms with Crippen LogP contribution in [0.2, 0.25) is 0 Å². The quantitative estimate of drug-likeness (QED) is 0.358. The lowest BCUT2D eigenvalue weighted by molar-refractivity contribution is 0.923. The highest BCUT2D eigenvalue weighted by molar-refractivity contribution is 7.80. The summed E-state index contributed by atoms with van der Waals surface area (Å²) in [4.78, 5) is 10.5. The molecule has 0 radical (unpaired) electrons. The number of nitroso groups, excluding NO2 is 1. The highest BCUT2D eigenvalue weighted by atomic mass is 32.1. The van der Waals surface area contributed by atoms with Crippen LogP contribution >= 0.6 is 12.2 Å². The van der Waals surface area contributed by atoms with Crippen LogP contribution in [0.25, 0.3) is 0 Å². The number of hydrogen-bond donors (Lipinski definition) is 2. The van der Waals surface area contributed by atoms with E-state index in [1.165, 1.54) is 0 Å². The van der Waals surface area contributed by atoms with Crippen LogP contribution in [0, 0.1) is 4.91 Å². The summed E-state index contributed by atoms with van der Waals surface area (Å²) >= 11 is 4.64. The summed E-state index contributed by atoms with van der Waals surface area (Å²) in [5.41, 5.74) is 9.03. The van der Waals surface area contributed by atoms with Gasteiger partial charge in [0, 0.05) is 5.56 Å². The van der Waals surface area contributed by atoms with Gasteiger partial charge in [-0.3, -0.25) is 5.43 Å². The third-order valence-corrected chi connectivity index (χ3v) is 2.00. The van der Waals surface area contributed by atoms with Crippen molar-refractivity contribution in [3.8, 4) is 0 Å². The van der Waals surface area contributed by atoms with Crippen molar-refractivity contribution in [1.29, 1.82) is 0 Å². The maximum Gasteiger partial charge on any atom is 0.184 e. The molecule has 0 heterocycles. The maximum absolute atomic E-state index is 10.5. The molecule has 0 saturated carbocycles. The number of nitrogens with two attached hydrogens (primary N) is 1. The molecule has 84 valence electrons. The number of benzene rings is 1. The van der Waals surface area contributed by atoms with Crippen LogP contribution in [-0.2, 0) is 0 Å². The van der Waals surface area contributed by atoms with E-state index in [9.17, 15) is 4.91 Å². The highest BCUT2D eigenvalue weighted by Crippen LogP contribution is 2.06. The van der Waals surface area contributed by atoms with E-state index in [0.717, 1.165) is 5.56 Å². The molecule has 0 aliphatic rings. The summed E-state index contributed by atoms with van der Waals surface area (Å²) in [5, 5.41) is 6.96. The first-order chi connectivity index (χ1) is 7.65. The molecule has 1 rings (SSSR count). The Bertz CT molecular complexity index is 405. The van der Waals surface area contributed by atoms with E-state index in [1.807, 2.05) is 30.3 Å². The Morgan fingerprint density at radius 2 is 2.06 bits per heavy atom. The molecule has 1 atom stereocenters. The fourth-order valence-electron chi connectivity index (χ4n) is 1.17. The molecule has 16 heavy (non-hydrogen) atoms. The average molecular weight is 236 g/mol. The molecule has 0 aliphatic heterocycles. The Hall–Kier alpha value is -1.82. The Balaban J connectivity index is 3.01. The number of hydrogen-bond acceptors (Lipinski definition) is 4. The third kappa shape index (κ3) is 3.39. The van der Waals surface area contributed by atoms with Crippen LogP contribution < -0.4 is 11.2 Å². The molecule has 0 saturated heterocycles. The summed E-state index contributed by atoms with van der Waals surface area (Å²) in [6.07, 6.45) is 0. The van der Waals surface area contributed by atoms with Crippen molar-refractivity contribution in [3.05, 3.63) is 40.8 Å². The monoisotopic (exact) mass is 236 g/mol.